The Hall–Kier alpha value is -1.90. The van der Waals surface area contributed by atoms with Gasteiger partial charge in [0.25, 0.3) is 0 Å². The van der Waals surface area contributed by atoms with E-state index in [0.717, 1.165) is 11.5 Å². The van der Waals surface area contributed by atoms with Gasteiger partial charge >= 0.3 is 0 Å². The van der Waals surface area contributed by atoms with Gasteiger partial charge in [0.05, 0.1) is 24.2 Å². The number of aryl methyl sites for hydroxylation is 2. The molecule has 7 nitrogen and oxygen atoms in total. The van der Waals surface area contributed by atoms with E-state index in [1.807, 2.05) is 13.0 Å². The predicted molar refractivity (Wildman–Crippen MR) is 93.0 cm³/mol. The summed E-state index contributed by atoms with van der Waals surface area (Å²) in [5, 5.41) is 3.88. The monoisotopic (exact) mass is 365 g/mol. The lowest BCUT2D eigenvalue weighted by Gasteiger charge is -2.33. The van der Waals surface area contributed by atoms with Crippen molar-refractivity contribution in [2.24, 2.45) is 0 Å². The second-order valence-corrected chi connectivity index (χ2v) is 8.15. The van der Waals surface area contributed by atoms with Gasteiger partial charge in [-0.2, -0.15) is 4.31 Å². The first kappa shape index (κ1) is 17.9. The third-order valence-corrected chi connectivity index (χ3v) is 6.45. The lowest BCUT2D eigenvalue weighted by atomic mass is 10.2. The molecule has 2 aromatic rings. The van der Waals surface area contributed by atoms with E-state index in [2.05, 4.69) is 10.1 Å². The molecule has 0 N–H and O–H groups in total. The third-order valence-electron chi connectivity index (χ3n) is 4.39. The molecule has 0 aliphatic carbocycles. The fraction of sp³-hybridized carbons (Fsp3) is 0.471. The van der Waals surface area contributed by atoms with Crippen LogP contribution in [-0.4, -0.2) is 56.1 Å². The molecular formula is C17H23N3O4S. The van der Waals surface area contributed by atoms with Gasteiger partial charge in [0, 0.05) is 32.2 Å². The number of sulfonamides is 1. The Balaban J connectivity index is 1.67. The van der Waals surface area contributed by atoms with Gasteiger partial charge in [0.15, 0.2) is 5.76 Å². The van der Waals surface area contributed by atoms with E-state index in [0.29, 0.717) is 48.9 Å². The first-order valence-corrected chi connectivity index (χ1v) is 9.63. The summed E-state index contributed by atoms with van der Waals surface area (Å²) in [5.41, 5.74) is 1.55. The van der Waals surface area contributed by atoms with Gasteiger partial charge in [0.2, 0.25) is 10.0 Å². The maximum Gasteiger partial charge on any atom is 0.243 e. The number of hydrogen-bond acceptors (Lipinski definition) is 6. The molecule has 0 atom stereocenters. The summed E-state index contributed by atoms with van der Waals surface area (Å²) in [6, 6.07) is 6.95. The van der Waals surface area contributed by atoms with Gasteiger partial charge in [-0.25, -0.2) is 8.42 Å². The van der Waals surface area contributed by atoms with Crippen molar-refractivity contribution < 1.29 is 17.7 Å². The van der Waals surface area contributed by atoms with E-state index in [-0.39, 0.29) is 0 Å². The molecule has 0 amide bonds. The minimum atomic E-state index is -3.49. The Kier molecular flexibility index (Phi) is 5.12. The zero-order valence-corrected chi connectivity index (χ0v) is 15.5. The molecule has 1 aliphatic heterocycles. The third kappa shape index (κ3) is 3.86. The summed E-state index contributed by atoms with van der Waals surface area (Å²) in [4.78, 5) is 2.51. The average molecular weight is 365 g/mol. The van der Waals surface area contributed by atoms with Crippen LogP contribution in [0.15, 0.2) is 33.7 Å². The molecule has 1 aromatic heterocycles. The van der Waals surface area contributed by atoms with E-state index in [1.165, 1.54) is 0 Å². The van der Waals surface area contributed by atoms with Crippen LogP contribution in [0.4, 0.5) is 0 Å². The number of piperazine rings is 1. The molecular weight excluding hydrogens is 342 g/mol. The summed E-state index contributed by atoms with van der Waals surface area (Å²) in [6.07, 6.45) is 0. The molecule has 3 rings (SSSR count). The SMILES string of the molecule is COc1ccc(S(=O)(=O)N2CCN(Cc3cc(C)no3)CC2)c(C)c1. The van der Waals surface area contributed by atoms with Crippen molar-refractivity contribution in [3.63, 3.8) is 0 Å². The van der Waals surface area contributed by atoms with Crippen LogP contribution in [0.5, 0.6) is 5.75 Å². The van der Waals surface area contributed by atoms with Crippen LogP contribution in [0.25, 0.3) is 0 Å². The van der Waals surface area contributed by atoms with E-state index >= 15 is 0 Å². The molecule has 0 saturated carbocycles. The largest absolute Gasteiger partial charge is 0.497 e. The fourth-order valence-electron chi connectivity index (χ4n) is 3.02. The highest BCUT2D eigenvalue weighted by Crippen LogP contribution is 2.25. The Morgan fingerprint density at radius 3 is 2.44 bits per heavy atom. The van der Waals surface area contributed by atoms with E-state index < -0.39 is 10.0 Å². The minimum Gasteiger partial charge on any atom is -0.497 e. The van der Waals surface area contributed by atoms with Crippen LogP contribution in [0, 0.1) is 13.8 Å². The smallest absolute Gasteiger partial charge is 0.243 e. The molecule has 0 spiro atoms. The summed E-state index contributed by atoms with van der Waals surface area (Å²) in [5.74, 6) is 1.46. The second kappa shape index (κ2) is 7.15. The number of nitrogens with zero attached hydrogens (tertiary/aromatic N) is 3. The fourth-order valence-corrected chi connectivity index (χ4v) is 4.64. The van der Waals surface area contributed by atoms with Crippen LogP contribution >= 0.6 is 0 Å². The van der Waals surface area contributed by atoms with Crippen LogP contribution in [0.2, 0.25) is 0 Å². The second-order valence-electron chi connectivity index (χ2n) is 6.25. The normalized spacial score (nSPS) is 16.9. The van der Waals surface area contributed by atoms with Gasteiger partial charge in [-0.3, -0.25) is 4.90 Å². The Morgan fingerprint density at radius 1 is 1.16 bits per heavy atom. The molecule has 0 radical (unpaired) electrons. The van der Waals surface area contributed by atoms with E-state index in [1.54, 1.807) is 36.5 Å². The van der Waals surface area contributed by atoms with Crippen molar-refractivity contribution in [3.8, 4) is 5.75 Å². The molecule has 1 fully saturated rings. The summed E-state index contributed by atoms with van der Waals surface area (Å²) >= 11 is 0. The zero-order valence-electron chi connectivity index (χ0n) is 14.7. The average Bonchev–Trinajstić information content (AvgIpc) is 3.00. The Morgan fingerprint density at radius 2 is 1.88 bits per heavy atom. The Labute approximate surface area is 148 Å². The minimum absolute atomic E-state index is 0.340. The first-order chi connectivity index (χ1) is 11.9. The molecule has 0 unspecified atom stereocenters. The quantitative estimate of drug-likeness (QED) is 0.804. The molecule has 1 saturated heterocycles. The standard InChI is InChI=1S/C17H23N3O4S/c1-13-10-15(23-3)4-5-17(13)25(21,22)20-8-6-19(7-9-20)12-16-11-14(2)18-24-16/h4-5,10-11H,6-9,12H2,1-3H3. The first-order valence-electron chi connectivity index (χ1n) is 8.19. The van der Waals surface area contributed by atoms with Crippen molar-refractivity contribution in [1.82, 2.24) is 14.4 Å². The van der Waals surface area contributed by atoms with Crippen LogP contribution in [0.3, 0.4) is 0 Å². The number of hydrogen-bond donors (Lipinski definition) is 0. The summed E-state index contributed by atoms with van der Waals surface area (Å²) in [6.45, 7) is 6.56. The lowest BCUT2D eigenvalue weighted by Crippen LogP contribution is -2.48. The molecule has 1 aromatic carbocycles. The van der Waals surface area contributed by atoms with Crippen molar-refractivity contribution in [2.45, 2.75) is 25.3 Å². The van der Waals surface area contributed by atoms with Crippen LogP contribution < -0.4 is 4.74 Å². The zero-order chi connectivity index (χ0) is 18.0. The van der Waals surface area contributed by atoms with Gasteiger partial charge in [-0.15, -0.1) is 0 Å². The topological polar surface area (TPSA) is 75.9 Å². The molecule has 8 heteroatoms. The Bertz CT molecular complexity index is 839. The number of benzene rings is 1. The van der Waals surface area contributed by atoms with Crippen molar-refractivity contribution in [2.75, 3.05) is 33.3 Å². The van der Waals surface area contributed by atoms with E-state index in [9.17, 15) is 8.42 Å². The molecule has 2 heterocycles. The molecule has 136 valence electrons. The molecule has 25 heavy (non-hydrogen) atoms. The summed E-state index contributed by atoms with van der Waals surface area (Å²) < 4.78 is 37.8. The molecule has 0 bridgehead atoms. The predicted octanol–water partition coefficient (Wildman–Crippen LogP) is 1.81. The van der Waals surface area contributed by atoms with Gasteiger partial charge in [-0.05, 0) is 37.6 Å². The number of ether oxygens (including phenoxy) is 1. The summed E-state index contributed by atoms with van der Waals surface area (Å²) in [7, 11) is -1.93. The lowest BCUT2D eigenvalue weighted by molar-refractivity contribution is 0.166. The molecule has 1 aliphatic rings. The van der Waals surface area contributed by atoms with Gasteiger partial charge < -0.3 is 9.26 Å². The maximum absolute atomic E-state index is 12.9. The van der Waals surface area contributed by atoms with Gasteiger partial charge in [-0.1, -0.05) is 5.16 Å². The van der Waals surface area contributed by atoms with Gasteiger partial charge in [0.1, 0.15) is 5.75 Å². The highest BCUT2D eigenvalue weighted by atomic mass is 32.2. The van der Waals surface area contributed by atoms with Crippen LogP contribution in [0.1, 0.15) is 17.0 Å². The highest BCUT2D eigenvalue weighted by Gasteiger charge is 2.30. The maximum atomic E-state index is 12.9. The van der Waals surface area contributed by atoms with Crippen molar-refractivity contribution in [1.29, 1.82) is 0 Å². The van der Waals surface area contributed by atoms with Crippen molar-refractivity contribution >= 4 is 10.0 Å². The van der Waals surface area contributed by atoms with Crippen molar-refractivity contribution in [3.05, 3.63) is 41.3 Å². The number of methoxy groups -OCH3 is 1. The highest BCUT2D eigenvalue weighted by molar-refractivity contribution is 7.89. The number of rotatable bonds is 5. The van der Waals surface area contributed by atoms with E-state index in [4.69, 9.17) is 9.26 Å². The number of aromatic nitrogens is 1. The van der Waals surface area contributed by atoms with Crippen LogP contribution in [-0.2, 0) is 16.6 Å².